The monoisotopic (exact) mass is 308 g/mol. The van der Waals surface area contributed by atoms with E-state index in [4.69, 9.17) is 14.6 Å². The molecule has 1 fully saturated rings. The Morgan fingerprint density at radius 1 is 1.45 bits per heavy atom. The van der Waals surface area contributed by atoms with Gasteiger partial charge in [-0.25, -0.2) is 4.79 Å². The third-order valence-corrected chi connectivity index (χ3v) is 3.98. The highest BCUT2D eigenvalue weighted by Crippen LogP contribution is 2.35. The number of cyclic esters (lactones) is 1. The van der Waals surface area contributed by atoms with Gasteiger partial charge in [0, 0.05) is 0 Å². The molecule has 6 heteroatoms. The molecule has 0 aromatic rings. The first-order valence-electron chi connectivity index (χ1n) is 7.35. The van der Waals surface area contributed by atoms with Crippen LogP contribution in [0.2, 0.25) is 0 Å². The summed E-state index contributed by atoms with van der Waals surface area (Å²) in [5.74, 6) is -2.02. The van der Waals surface area contributed by atoms with Gasteiger partial charge in [-0.3, -0.25) is 9.59 Å². The number of carbonyl (C=O) groups is 3. The number of esters is 1. The lowest BCUT2D eigenvalue weighted by molar-refractivity contribution is -0.147. The number of carboxylic acid groups (broad SMARTS) is 1. The van der Waals surface area contributed by atoms with E-state index in [0.717, 1.165) is 12.8 Å². The fourth-order valence-corrected chi connectivity index (χ4v) is 2.67. The second kappa shape index (κ2) is 5.94. The molecule has 0 aromatic carbocycles. The minimum atomic E-state index is -1.26. The minimum absolute atomic E-state index is 0.175. The smallest absolute Gasteiger partial charge is 0.346 e. The molecule has 1 saturated heterocycles. The third-order valence-electron chi connectivity index (χ3n) is 3.98. The summed E-state index contributed by atoms with van der Waals surface area (Å²) in [6.07, 6.45) is 3.40. The number of carbonyl (C=O) groups excluding carboxylic acids is 2. The maximum absolute atomic E-state index is 12.1. The highest BCUT2D eigenvalue weighted by atomic mass is 16.6. The van der Waals surface area contributed by atoms with Crippen molar-refractivity contribution in [2.75, 3.05) is 0 Å². The minimum Gasteiger partial charge on any atom is -0.482 e. The first kappa shape index (κ1) is 16.3. The number of allylic oxidation sites excluding steroid dienone is 1. The van der Waals surface area contributed by atoms with Crippen LogP contribution in [0.1, 0.15) is 40.0 Å². The fourth-order valence-electron chi connectivity index (χ4n) is 2.67. The lowest BCUT2D eigenvalue weighted by Crippen LogP contribution is -2.25. The largest absolute Gasteiger partial charge is 0.482 e. The first-order chi connectivity index (χ1) is 10.3. The molecule has 0 aromatic heterocycles. The standard InChI is InChI=1S/C16H20O6/c1-4-9(2)8-16(3)6-5-10(22-16)13-14(19)11(7-12(17)18)21-15(13)20/h5-6,9,11H,4,7-8H2,1-3H3,(H,17,18)/b13-10-/t9-,11-,16-/m1/s1. The zero-order valence-electron chi connectivity index (χ0n) is 12.9. The second-order valence-electron chi connectivity index (χ2n) is 6.06. The van der Waals surface area contributed by atoms with Crippen molar-refractivity contribution in [2.45, 2.75) is 51.7 Å². The molecular formula is C16H20O6. The molecule has 0 radical (unpaired) electrons. The summed E-state index contributed by atoms with van der Waals surface area (Å²) in [5, 5.41) is 8.73. The molecule has 0 aliphatic carbocycles. The quantitative estimate of drug-likeness (QED) is 0.474. The third kappa shape index (κ3) is 3.21. The van der Waals surface area contributed by atoms with Gasteiger partial charge in [0.1, 0.15) is 16.9 Å². The Morgan fingerprint density at radius 2 is 2.14 bits per heavy atom. The predicted octanol–water partition coefficient (Wildman–Crippen LogP) is 1.99. The van der Waals surface area contributed by atoms with Crippen molar-refractivity contribution in [3.05, 3.63) is 23.5 Å². The Kier molecular flexibility index (Phi) is 4.39. The molecule has 0 amide bonds. The predicted molar refractivity (Wildman–Crippen MR) is 76.9 cm³/mol. The van der Waals surface area contributed by atoms with Crippen LogP contribution in [0.15, 0.2) is 23.5 Å². The molecule has 0 saturated carbocycles. The van der Waals surface area contributed by atoms with Gasteiger partial charge in [0.2, 0.25) is 5.78 Å². The number of ether oxygens (including phenoxy) is 2. The van der Waals surface area contributed by atoms with Gasteiger partial charge in [0.25, 0.3) is 0 Å². The van der Waals surface area contributed by atoms with Crippen LogP contribution < -0.4 is 0 Å². The van der Waals surface area contributed by atoms with Crippen LogP contribution in [-0.4, -0.2) is 34.5 Å². The summed E-state index contributed by atoms with van der Waals surface area (Å²) >= 11 is 0. The van der Waals surface area contributed by atoms with Gasteiger partial charge in [-0.15, -0.1) is 0 Å². The van der Waals surface area contributed by atoms with Crippen molar-refractivity contribution in [1.82, 2.24) is 0 Å². The van der Waals surface area contributed by atoms with Gasteiger partial charge < -0.3 is 14.6 Å². The van der Waals surface area contributed by atoms with Gasteiger partial charge in [-0.05, 0) is 31.4 Å². The Morgan fingerprint density at radius 3 is 2.73 bits per heavy atom. The van der Waals surface area contributed by atoms with Gasteiger partial charge in [-0.1, -0.05) is 20.3 Å². The van der Waals surface area contributed by atoms with E-state index in [1.54, 1.807) is 6.08 Å². The Bertz CT molecular complexity index is 573. The average molecular weight is 308 g/mol. The van der Waals surface area contributed by atoms with Crippen LogP contribution in [0.3, 0.4) is 0 Å². The molecule has 2 aliphatic rings. The van der Waals surface area contributed by atoms with E-state index in [1.165, 1.54) is 0 Å². The van der Waals surface area contributed by atoms with Crippen molar-refractivity contribution in [1.29, 1.82) is 0 Å². The maximum atomic E-state index is 12.1. The Labute approximate surface area is 128 Å². The Hall–Kier alpha value is -2.11. The van der Waals surface area contributed by atoms with Crippen LogP contribution >= 0.6 is 0 Å². The summed E-state index contributed by atoms with van der Waals surface area (Å²) in [6.45, 7) is 6.08. The summed E-state index contributed by atoms with van der Waals surface area (Å²) in [5.41, 5.74) is -0.751. The van der Waals surface area contributed by atoms with Crippen LogP contribution in [0.4, 0.5) is 0 Å². The van der Waals surface area contributed by atoms with Crippen molar-refractivity contribution in [3.63, 3.8) is 0 Å². The van der Waals surface area contributed by atoms with E-state index in [1.807, 2.05) is 13.0 Å². The molecule has 6 nitrogen and oxygen atoms in total. The Balaban J connectivity index is 2.19. The van der Waals surface area contributed by atoms with E-state index in [0.29, 0.717) is 5.92 Å². The maximum Gasteiger partial charge on any atom is 0.346 e. The summed E-state index contributed by atoms with van der Waals surface area (Å²) in [4.78, 5) is 34.7. The molecule has 0 bridgehead atoms. The fraction of sp³-hybridized carbons (Fsp3) is 0.562. The molecule has 120 valence electrons. The summed E-state index contributed by atoms with van der Waals surface area (Å²) in [6, 6.07) is 0. The van der Waals surface area contributed by atoms with Gasteiger partial charge >= 0.3 is 11.9 Å². The van der Waals surface area contributed by atoms with E-state index in [-0.39, 0.29) is 11.3 Å². The number of aliphatic carboxylic acids is 1. The van der Waals surface area contributed by atoms with Crippen LogP contribution in [0.25, 0.3) is 0 Å². The average Bonchev–Trinajstić information content (AvgIpc) is 2.90. The van der Waals surface area contributed by atoms with Crippen molar-refractivity contribution in [2.24, 2.45) is 5.92 Å². The van der Waals surface area contributed by atoms with Crippen LogP contribution in [-0.2, 0) is 23.9 Å². The molecule has 1 N–H and O–H groups in total. The SMILES string of the molecule is CC[C@@H](C)C[C@@]1(C)C=C/C(=C2/C(=O)O[C@H](CC(=O)O)C2=O)O1. The molecule has 22 heavy (non-hydrogen) atoms. The van der Waals surface area contributed by atoms with Crippen LogP contribution in [0.5, 0.6) is 0 Å². The number of hydrogen-bond acceptors (Lipinski definition) is 5. The molecule has 3 atom stereocenters. The van der Waals surface area contributed by atoms with Gasteiger partial charge in [0.15, 0.2) is 6.10 Å². The van der Waals surface area contributed by atoms with E-state index in [9.17, 15) is 14.4 Å². The molecule has 0 unspecified atom stereocenters. The number of hydrogen-bond donors (Lipinski definition) is 1. The molecule has 2 rings (SSSR count). The number of ketones is 1. The van der Waals surface area contributed by atoms with Gasteiger partial charge in [-0.2, -0.15) is 0 Å². The van der Waals surface area contributed by atoms with E-state index < -0.39 is 35.8 Å². The molecular weight excluding hydrogens is 288 g/mol. The second-order valence-corrected chi connectivity index (χ2v) is 6.06. The molecule has 2 heterocycles. The topological polar surface area (TPSA) is 89.9 Å². The van der Waals surface area contributed by atoms with Crippen molar-refractivity contribution >= 4 is 17.7 Å². The highest BCUT2D eigenvalue weighted by molar-refractivity contribution is 6.24. The normalized spacial score (nSPS) is 32.0. The van der Waals surface area contributed by atoms with Gasteiger partial charge in [0.05, 0.1) is 6.42 Å². The first-order valence-corrected chi connectivity index (χ1v) is 7.35. The zero-order chi connectivity index (χ0) is 16.5. The lowest BCUT2D eigenvalue weighted by Gasteiger charge is -2.26. The summed E-state index contributed by atoms with van der Waals surface area (Å²) in [7, 11) is 0. The number of Topliss-reactive ketones (excluding diaryl/α,β-unsaturated/α-hetero) is 1. The molecule has 0 spiro atoms. The lowest BCUT2D eigenvalue weighted by atomic mass is 9.92. The number of rotatable bonds is 5. The van der Waals surface area contributed by atoms with Crippen molar-refractivity contribution in [3.8, 4) is 0 Å². The zero-order valence-corrected chi connectivity index (χ0v) is 12.9. The van der Waals surface area contributed by atoms with Crippen molar-refractivity contribution < 1.29 is 29.0 Å². The number of carboxylic acids is 1. The van der Waals surface area contributed by atoms with E-state index in [2.05, 4.69) is 13.8 Å². The molecule has 2 aliphatic heterocycles. The van der Waals surface area contributed by atoms with Crippen LogP contribution in [0, 0.1) is 5.92 Å². The van der Waals surface area contributed by atoms with E-state index >= 15 is 0 Å². The highest BCUT2D eigenvalue weighted by Gasteiger charge is 2.44. The summed E-state index contributed by atoms with van der Waals surface area (Å²) < 4.78 is 10.6.